The fourth-order valence-electron chi connectivity index (χ4n) is 4.47. The second-order valence-corrected chi connectivity index (χ2v) is 8.66. The number of nitrogens with zero attached hydrogens (tertiary/aromatic N) is 3. The van der Waals surface area contributed by atoms with Crippen molar-refractivity contribution in [3.8, 4) is 5.75 Å². The van der Waals surface area contributed by atoms with Crippen LogP contribution in [0.3, 0.4) is 0 Å². The van der Waals surface area contributed by atoms with Gasteiger partial charge in [-0.1, -0.05) is 12.8 Å². The average Bonchev–Trinajstić information content (AvgIpc) is 2.93. The van der Waals surface area contributed by atoms with Crippen LogP contribution >= 0.6 is 0 Å². The zero-order valence-electron chi connectivity index (χ0n) is 17.5. The SMILES string of the molecule is COc1ccc(N2CCCCCC2)c2c1CC(NC(=O)N1CCC(C)(O)CC1)=N2. The largest absolute Gasteiger partial charge is 0.496 e. The van der Waals surface area contributed by atoms with E-state index in [0.717, 1.165) is 35.8 Å². The van der Waals surface area contributed by atoms with E-state index >= 15 is 0 Å². The highest BCUT2D eigenvalue weighted by molar-refractivity contribution is 6.04. The fraction of sp³-hybridized carbons (Fsp3) is 0.636. The molecule has 158 valence electrons. The summed E-state index contributed by atoms with van der Waals surface area (Å²) in [5.74, 6) is 1.49. The van der Waals surface area contributed by atoms with Crippen molar-refractivity contribution in [3.63, 3.8) is 0 Å². The number of rotatable bonds is 2. The molecule has 2 amide bonds. The summed E-state index contributed by atoms with van der Waals surface area (Å²) >= 11 is 0. The molecule has 3 aliphatic heterocycles. The Labute approximate surface area is 172 Å². The Morgan fingerprint density at radius 1 is 1.14 bits per heavy atom. The van der Waals surface area contributed by atoms with Crippen LogP contribution in [0.2, 0.25) is 0 Å². The predicted molar refractivity (Wildman–Crippen MR) is 114 cm³/mol. The number of amides is 2. The molecule has 2 N–H and O–H groups in total. The zero-order chi connectivity index (χ0) is 20.4. The summed E-state index contributed by atoms with van der Waals surface area (Å²) in [5.41, 5.74) is 2.45. The number of anilines is 1. The van der Waals surface area contributed by atoms with Gasteiger partial charge < -0.3 is 19.6 Å². The first-order valence-electron chi connectivity index (χ1n) is 10.8. The van der Waals surface area contributed by atoms with Gasteiger partial charge in [-0.3, -0.25) is 5.32 Å². The lowest BCUT2D eigenvalue weighted by atomic mass is 9.94. The van der Waals surface area contributed by atoms with Gasteiger partial charge in [-0.15, -0.1) is 0 Å². The first kappa shape index (κ1) is 20.0. The Kier molecular flexibility index (Phi) is 5.67. The topological polar surface area (TPSA) is 77.4 Å². The number of fused-ring (bicyclic) bond motifs is 1. The van der Waals surface area contributed by atoms with Crippen LogP contribution in [0.25, 0.3) is 0 Å². The number of aliphatic imine (C=N–C) groups is 1. The Bertz CT molecular complexity index is 787. The maximum atomic E-state index is 12.7. The molecule has 7 heteroatoms. The molecule has 3 aliphatic rings. The quantitative estimate of drug-likeness (QED) is 0.799. The number of ether oxygens (including phenoxy) is 1. The van der Waals surface area contributed by atoms with Crippen molar-refractivity contribution in [2.24, 2.45) is 4.99 Å². The number of hydrogen-bond acceptors (Lipinski definition) is 5. The number of methoxy groups -OCH3 is 1. The van der Waals surface area contributed by atoms with E-state index in [4.69, 9.17) is 9.73 Å². The smallest absolute Gasteiger partial charge is 0.322 e. The van der Waals surface area contributed by atoms with Gasteiger partial charge >= 0.3 is 6.03 Å². The Balaban J connectivity index is 1.51. The number of carbonyl (C=O) groups is 1. The van der Waals surface area contributed by atoms with Crippen molar-refractivity contribution >= 4 is 23.2 Å². The van der Waals surface area contributed by atoms with Gasteiger partial charge in [-0.05, 0) is 44.7 Å². The standard InChI is InChI=1S/C22H32N4O3/c1-22(28)9-13-26(14-10-22)21(27)24-19-15-16-18(29-2)8-7-17(20(16)23-19)25-11-5-3-4-6-12-25/h7-8,28H,3-6,9-15H2,1-2H3,(H,23,24,27). The van der Waals surface area contributed by atoms with Gasteiger partial charge in [0.15, 0.2) is 0 Å². The maximum Gasteiger partial charge on any atom is 0.322 e. The molecule has 0 aromatic heterocycles. The van der Waals surface area contributed by atoms with Gasteiger partial charge in [0, 0.05) is 38.2 Å². The molecular formula is C22H32N4O3. The van der Waals surface area contributed by atoms with Crippen LogP contribution in [0.15, 0.2) is 17.1 Å². The molecule has 4 rings (SSSR count). The van der Waals surface area contributed by atoms with E-state index in [-0.39, 0.29) is 6.03 Å². The summed E-state index contributed by atoms with van der Waals surface area (Å²) < 4.78 is 5.57. The minimum Gasteiger partial charge on any atom is -0.496 e. The number of likely N-dealkylation sites (tertiary alicyclic amines) is 1. The minimum atomic E-state index is -0.673. The molecule has 0 saturated carbocycles. The number of aliphatic hydroxyl groups is 1. The number of piperidine rings is 1. The fourth-order valence-corrected chi connectivity index (χ4v) is 4.47. The Morgan fingerprint density at radius 3 is 2.48 bits per heavy atom. The zero-order valence-corrected chi connectivity index (χ0v) is 17.5. The van der Waals surface area contributed by atoms with E-state index in [0.29, 0.717) is 38.2 Å². The molecule has 0 unspecified atom stereocenters. The molecule has 0 aliphatic carbocycles. The lowest BCUT2D eigenvalue weighted by Gasteiger charge is -2.35. The Morgan fingerprint density at radius 2 is 1.83 bits per heavy atom. The van der Waals surface area contributed by atoms with Crippen LogP contribution in [-0.4, -0.2) is 60.8 Å². The van der Waals surface area contributed by atoms with E-state index in [2.05, 4.69) is 16.3 Å². The molecular weight excluding hydrogens is 368 g/mol. The molecule has 1 aromatic carbocycles. The van der Waals surface area contributed by atoms with Crippen molar-refractivity contribution in [3.05, 3.63) is 17.7 Å². The van der Waals surface area contributed by atoms with Crippen LogP contribution in [0.5, 0.6) is 5.75 Å². The normalized spacial score (nSPS) is 21.3. The van der Waals surface area contributed by atoms with Crippen molar-refractivity contribution < 1.29 is 14.6 Å². The highest BCUT2D eigenvalue weighted by atomic mass is 16.5. The number of urea groups is 1. The van der Waals surface area contributed by atoms with E-state index in [1.165, 1.54) is 25.7 Å². The number of benzene rings is 1. The number of amidine groups is 1. The number of carbonyl (C=O) groups excluding carboxylic acids is 1. The van der Waals surface area contributed by atoms with Crippen molar-refractivity contribution in [2.75, 3.05) is 38.2 Å². The molecule has 7 nitrogen and oxygen atoms in total. The second kappa shape index (κ2) is 8.22. The first-order chi connectivity index (χ1) is 14.0. The summed E-state index contributed by atoms with van der Waals surface area (Å²) in [6.07, 6.45) is 6.72. The minimum absolute atomic E-state index is 0.137. The van der Waals surface area contributed by atoms with Gasteiger partial charge in [0.1, 0.15) is 11.6 Å². The van der Waals surface area contributed by atoms with E-state index in [1.54, 1.807) is 12.0 Å². The van der Waals surface area contributed by atoms with Crippen LogP contribution in [0.1, 0.15) is 51.0 Å². The molecule has 1 aromatic rings. The molecule has 3 heterocycles. The molecule has 0 spiro atoms. The summed E-state index contributed by atoms with van der Waals surface area (Å²) in [7, 11) is 1.68. The monoisotopic (exact) mass is 400 g/mol. The second-order valence-electron chi connectivity index (χ2n) is 8.66. The molecule has 29 heavy (non-hydrogen) atoms. The summed E-state index contributed by atoms with van der Waals surface area (Å²) in [4.78, 5) is 21.7. The third kappa shape index (κ3) is 4.34. The van der Waals surface area contributed by atoms with E-state index < -0.39 is 5.60 Å². The van der Waals surface area contributed by atoms with Crippen LogP contribution in [-0.2, 0) is 6.42 Å². The predicted octanol–water partition coefficient (Wildman–Crippen LogP) is 3.22. The summed E-state index contributed by atoms with van der Waals surface area (Å²) in [5, 5.41) is 13.1. The number of hydrogen-bond donors (Lipinski definition) is 2. The van der Waals surface area contributed by atoms with Crippen molar-refractivity contribution in [2.45, 2.75) is 57.5 Å². The third-order valence-corrected chi connectivity index (χ3v) is 6.36. The molecule has 0 bridgehead atoms. The van der Waals surface area contributed by atoms with E-state index in [1.807, 2.05) is 13.0 Å². The molecule has 0 radical (unpaired) electrons. The highest BCUT2D eigenvalue weighted by Gasteiger charge is 2.31. The van der Waals surface area contributed by atoms with E-state index in [9.17, 15) is 9.90 Å². The van der Waals surface area contributed by atoms with Gasteiger partial charge in [0.05, 0.1) is 24.1 Å². The third-order valence-electron chi connectivity index (χ3n) is 6.36. The lowest BCUT2D eigenvalue weighted by molar-refractivity contribution is 0.00483. The molecule has 0 atom stereocenters. The number of nitrogens with one attached hydrogen (secondary N) is 1. The van der Waals surface area contributed by atoms with Crippen molar-refractivity contribution in [1.29, 1.82) is 0 Å². The van der Waals surface area contributed by atoms with Gasteiger partial charge in [-0.25, -0.2) is 9.79 Å². The molecule has 2 saturated heterocycles. The molecule has 2 fully saturated rings. The highest BCUT2D eigenvalue weighted by Crippen LogP contribution is 2.42. The van der Waals surface area contributed by atoms with Crippen LogP contribution in [0.4, 0.5) is 16.2 Å². The summed E-state index contributed by atoms with van der Waals surface area (Å²) in [6, 6.07) is 3.98. The summed E-state index contributed by atoms with van der Waals surface area (Å²) in [6.45, 7) is 5.03. The van der Waals surface area contributed by atoms with Crippen molar-refractivity contribution in [1.82, 2.24) is 10.2 Å². The van der Waals surface area contributed by atoms with Gasteiger partial charge in [0.2, 0.25) is 0 Å². The first-order valence-corrected chi connectivity index (χ1v) is 10.8. The lowest BCUT2D eigenvalue weighted by Crippen LogP contribution is -2.50. The maximum absolute atomic E-state index is 12.7. The van der Waals surface area contributed by atoms with Gasteiger partial charge in [0.25, 0.3) is 0 Å². The van der Waals surface area contributed by atoms with Gasteiger partial charge in [-0.2, -0.15) is 0 Å². The van der Waals surface area contributed by atoms with Crippen LogP contribution < -0.4 is 15.0 Å². The Hall–Kier alpha value is -2.28. The van der Waals surface area contributed by atoms with Crippen LogP contribution in [0, 0.1) is 0 Å². The average molecular weight is 401 g/mol.